The van der Waals surface area contributed by atoms with Crippen molar-refractivity contribution in [2.45, 2.75) is 19.9 Å². The van der Waals surface area contributed by atoms with Crippen molar-refractivity contribution in [3.63, 3.8) is 0 Å². The van der Waals surface area contributed by atoms with Crippen LogP contribution in [0.1, 0.15) is 31.0 Å². The molecule has 0 spiro atoms. The number of amides is 1. The molecule has 3 rings (SSSR count). The zero-order valence-corrected chi connectivity index (χ0v) is 15.6. The summed E-state index contributed by atoms with van der Waals surface area (Å²) in [4.78, 5) is 11.6. The molecule has 3 nitrogen and oxygen atoms in total. The van der Waals surface area contributed by atoms with Gasteiger partial charge in [-0.2, -0.15) is 0 Å². The van der Waals surface area contributed by atoms with Crippen LogP contribution in [0.4, 0.5) is 5.69 Å². The maximum atomic E-state index is 11.6. The lowest BCUT2D eigenvalue weighted by atomic mass is 10.1. The van der Waals surface area contributed by atoms with Crippen molar-refractivity contribution in [1.29, 1.82) is 0 Å². The normalized spacial score (nSPS) is 11.4. The summed E-state index contributed by atoms with van der Waals surface area (Å²) in [6.07, 6.45) is 7.56. The molecule has 0 saturated heterocycles. The minimum absolute atomic E-state index is 0.217. The highest BCUT2D eigenvalue weighted by molar-refractivity contribution is 6.30. The fourth-order valence-electron chi connectivity index (χ4n) is 2.87. The summed E-state index contributed by atoms with van der Waals surface area (Å²) >= 11 is 5.95. The summed E-state index contributed by atoms with van der Waals surface area (Å²) in [5, 5.41) is 4.64. The molecule has 0 bridgehead atoms. The lowest BCUT2D eigenvalue weighted by molar-refractivity contribution is -0.111. The first-order valence-corrected chi connectivity index (χ1v) is 8.87. The fraction of sp³-hybridized carbons (Fsp3) is 0.136. The molecule has 0 aliphatic carbocycles. The zero-order chi connectivity index (χ0) is 18.7. The molecule has 0 unspecified atom stereocenters. The second-order valence-electron chi connectivity index (χ2n) is 6.40. The summed E-state index contributed by atoms with van der Waals surface area (Å²) in [7, 11) is 0. The molecule has 0 saturated carbocycles. The summed E-state index contributed by atoms with van der Waals surface area (Å²) in [5.41, 5.74) is 4.06. The molecule has 0 fully saturated rings. The molecular formula is C22H21ClN2O. The van der Waals surface area contributed by atoms with Crippen LogP contribution in [0, 0.1) is 0 Å². The fourth-order valence-corrected chi connectivity index (χ4v) is 3.00. The van der Waals surface area contributed by atoms with Crippen molar-refractivity contribution in [2.75, 3.05) is 5.32 Å². The Morgan fingerprint density at radius 3 is 2.54 bits per heavy atom. The first-order valence-electron chi connectivity index (χ1n) is 8.49. The van der Waals surface area contributed by atoms with E-state index >= 15 is 0 Å². The summed E-state index contributed by atoms with van der Waals surface area (Å²) in [5.74, 6) is -0.217. The Kier molecular flexibility index (Phi) is 5.29. The largest absolute Gasteiger partial charge is 0.344 e. The van der Waals surface area contributed by atoms with E-state index in [1.54, 1.807) is 0 Å². The highest BCUT2D eigenvalue weighted by atomic mass is 35.5. The minimum atomic E-state index is -0.217. The number of nitrogens with one attached hydrogen (secondary N) is 1. The Morgan fingerprint density at radius 1 is 1.15 bits per heavy atom. The summed E-state index contributed by atoms with van der Waals surface area (Å²) in [6.45, 7) is 7.80. The number of nitrogens with zero attached hydrogens (tertiary/aromatic N) is 1. The van der Waals surface area contributed by atoms with Gasteiger partial charge >= 0.3 is 0 Å². The lowest BCUT2D eigenvalue weighted by Gasteiger charge is -2.09. The van der Waals surface area contributed by atoms with E-state index in [0.29, 0.717) is 6.04 Å². The average Bonchev–Trinajstić information content (AvgIpc) is 2.99. The average molecular weight is 365 g/mol. The van der Waals surface area contributed by atoms with Crippen molar-refractivity contribution in [2.24, 2.45) is 0 Å². The second kappa shape index (κ2) is 7.63. The van der Waals surface area contributed by atoms with Gasteiger partial charge < -0.3 is 9.88 Å². The number of fused-ring (bicyclic) bond motifs is 1. The van der Waals surface area contributed by atoms with Gasteiger partial charge in [0, 0.05) is 39.4 Å². The first kappa shape index (κ1) is 18.0. The van der Waals surface area contributed by atoms with Crippen LogP contribution >= 0.6 is 11.6 Å². The van der Waals surface area contributed by atoms with Crippen LogP contribution in [0.5, 0.6) is 0 Å². The van der Waals surface area contributed by atoms with Gasteiger partial charge in [0.25, 0.3) is 0 Å². The quantitative estimate of drug-likeness (QED) is 0.539. The summed E-state index contributed by atoms with van der Waals surface area (Å²) in [6, 6.07) is 14.0. The molecular weight excluding hydrogens is 344 g/mol. The number of halogens is 1. The highest BCUT2D eigenvalue weighted by Crippen LogP contribution is 2.29. The number of anilines is 1. The van der Waals surface area contributed by atoms with Crippen molar-refractivity contribution in [3.05, 3.63) is 77.5 Å². The predicted molar refractivity (Wildman–Crippen MR) is 112 cm³/mol. The lowest BCUT2D eigenvalue weighted by Crippen LogP contribution is -2.07. The van der Waals surface area contributed by atoms with E-state index in [2.05, 4.69) is 48.7 Å². The third-order valence-corrected chi connectivity index (χ3v) is 4.45. The maximum absolute atomic E-state index is 11.6. The molecule has 3 aromatic rings. The maximum Gasteiger partial charge on any atom is 0.247 e. The number of hydrogen-bond donors (Lipinski definition) is 1. The standard InChI is InChI=1S/C22H21ClN2O/c1-4-22(26)24-19-11-12-21-20(13-19)17(14-25(21)15(2)3)8-5-16-6-9-18(23)10-7-16/h4-15H,1H2,2-3H3,(H,24,26). The van der Waals surface area contributed by atoms with Crippen molar-refractivity contribution < 1.29 is 4.79 Å². The monoisotopic (exact) mass is 364 g/mol. The Balaban J connectivity index is 2.04. The van der Waals surface area contributed by atoms with Gasteiger partial charge in [-0.05, 0) is 55.8 Å². The van der Waals surface area contributed by atoms with Crippen LogP contribution in [0.25, 0.3) is 23.1 Å². The zero-order valence-electron chi connectivity index (χ0n) is 14.9. The van der Waals surface area contributed by atoms with Gasteiger partial charge in [0.1, 0.15) is 0 Å². The molecule has 4 heteroatoms. The molecule has 26 heavy (non-hydrogen) atoms. The molecule has 132 valence electrons. The topological polar surface area (TPSA) is 34.0 Å². The Bertz CT molecular complexity index is 981. The van der Waals surface area contributed by atoms with E-state index < -0.39 is 0 Å². The van der Waals surface area contributed by atoms with Gasteiger partial charge in [0.15, 0.2) is 0 Å². The number of aromatic nitrogens is 1. The molecule has 1 N–H and O–H groups in total. The third kappa shape index (κ3) is 3.89. The van der Waals surface area contributed by atoms with Crippen molar-refractivity contribution in [1.82, 2.24) is 4.57 Å². The van der Waals surface area contributed by atoms with E-state index in [9.17, 15) is 4.79 Å². The highest BCUT2D eigenvalue weighted by Gasteiger charge is 2.10. The molecule has 1 amide bonds. The molecule has 1 heterocycles. The van der Waals surface area contributed by atoms with E-state index in [4.69, 9.17) is 11.6 Å². The Hall–Kier alpha value is -2.78. The van der Waals surface area contributed by atoms with Crippen LogP contribution in [-0.2, 0) is 4.79 Å². The van der Waals surface area contributed by atoms with Crippen LogP contribution < -0.4 is 5.32 Å². The number of carbonyl (C=O) groups is 1. The first-order chi connectivity index (χ1) is 12.5. The van der Waals surface area contributed by atoms with Gasteiger partial charge in [0.2, 0.25) is 5.91 Å². The Morgan fingerprint density at radius 2 is 1.88 bits per heavy atom. The SMILES string of the molecule is C=CC(=O)Nc1ccc2c(c1)c(C=Cc1ccc(Cl)cc1)cn2C(C)C. The predicted octanol–water partition coefficient (Wildman–Crippen LogP) is 6.17. The minimum Gasteiger partial charge on any atom is -0.344 e. The van der Waals surface area contributed by atoms with Gasteiger partial charge in [-0.25, -0.2) is 0 Å². The van der Waals surface area contributed by atoms with E-state index in [1.165, 1.54) is 6.08 Å². The molecule has 1 aromatic heterocycles. The van der Waals surface area contributed by atoms with E-state index in [-0.39, 0.29) is 5.91 Å². The van der Waals surface area contributed by atoms with Crippen LogP contribution in [-0.4, -0.2) is 10.5 Å². The molecule has 0 radical (unpaired) electrons. The van der Waals surface area contributed by atoms with Gasteiger partial charge in [0.05, 0.1) is 0 Å². The van der Waals surface area contributed by atoms with Crippen molar-refractivity contribution in [3.8, 4) is 0 Å². The third-order valence-electron chi connectivity index (χ3n) is 4.20. The summed E-state index contributed by atoms with van der Waals surface area (Å²) < 4.78 is 2.23. The second-order valence-corrected chi connectivity index (χ2v) is 6.83. The van der Waals surface area contributed by atoms with Crippen molar-refractivity contribution >= 4 is 46.3 Å². The molecule has 0 aliphatic heterocycles. The number of hydrogen-bond acceptors (Lipinski definition) is 1. The number of benzene rings is 2. The number of rotatable bonds is 5. The van der Waals surface area contributed by atoms with Crippen LogP contribution in [0.2, 0.25) is 5.02 Å². The van der Waals surface area contributed by atoms with E-state index in [1.807, 2.05) is 42.5 Å². The number of carbonyl (C=O) groups excluding carboxylic acids is 1. The van der Waals surface area contributed by atoms with E-state index in [0.717, 1.165) is 32.7 Å². The van der Waals surface area contributed by atoms with Gasteiger partial charge in [-0.15, -0.1) is 0 Å². The molecule has 0 aliphatic rings. The molecule has 2 aromatic carbocycles. The van der Waals surface area contributed by atoms with Gasteiger partial charge in [-0.1, -0.05) is 42.5 Å². The van der Waals surface area contributed by atoms with Gasteiger partial charge in [-0.3, -0.25) is 4.79 Å². The molecule has 0 atom stereocenters. The van der Waals surface area contributed by atoms with Crippen LogP contribution in [0.15, 0.2) is 61.3 Å². The smallest absolute Gasteiger partial charge is 0.247 e. The Labute approximate surface area is 158 Å². The van der Waals surface area contributed by atoms with Crippen LogP contribution in [0.3, 0.4) is 0 Å².